The van der Waals surface area contributed by atoms with E-state index >= 15 is 0 Å². The maximum atomic E-state index is 12.0. The van der Waals surface area contributed by atoms with E-state index in [2.05, 4.69) is 13.8 Å². The highest BCUT2D eigenvalue weighted by Crippen LogP contribution is 2.66. The van der Waals surface area contributed by atoms with Crippen molar-refractivity contribution in [3.63, 3.8) is 0 Å². The zero-order chi connectivity index (χ0) is 18.1. The predicted octanol–water partition coefficient (Wildman–Crippen LogP) is 4.94. The van der Waals surface area contributed by atoms with Gasteiger partial charge >= 0.3 is 7.12 Å². The molecule has 3 nitrogen and oxygen atoms in total. The normalized spacial score (nSPS) is 47.8. The smallest absolute Gasteiger partial charge is 0.522 e. The molecule has 0 spiro atoms. The number of carbonyl (C=O) groups is 1. The number of hydrogen-bond donors (Lipinski definition) is 0. The summed E-state index contributed by atoms with van der Waals surface area (Å²) in [7, 11) is -0.0856. The van der Waals surface area contributed by atoms with Crippen LogP contribution in [0.3, 0.4) is 0 Å². The van der Waals surface area contributed by atoms with Crippen LogP contribution in [-0.2, 0) is 14.1 Å². The highest BCUT2D eigenvalue weighted by molar-refractivity contribution is 6.43. The summed E-state index contributed by atoms with van der Waals surface area (Å²) in [6, 6.07) is 0. The van der Waals surface area contributed by atoms with Gasteiger partial charge in [-0.15, -0.1) is 0 Å². The van der Waals surface area contributed by atoms with Crippen molar-refractivity contribution in [1.82, 2.24) is 0 Å². The van der Waals surface area contributed by atoms with E-state index in [1.807, 2.05) is 12.9 Å². The van der Waals surface area contributed by atoms with Crippen LogP contribution >= 0.6 is 0 Å². The van der Waals surface area contributed by atoms with E-state index in [0.717, 1.165) is 42.8 Å². The van der Waals surface area contributed by atoms with Gasteiger partial charge < -0.3 is 9.31 Å². The third-order valence-electron chi connectivity index (χ3n) is 8.84. The predicted molar refractivity (Wildman–Crippen MR) is 102 cm³/mol. The molecule has 0 bridgehead atoms. The molecule has 0 N–H and O–H groups in total. The summed E-state index contributed by atoms with van der Waals surface area (Å²) in [5, 5.41) is 0. The Morgan fingerprint density at radius 2 is 1.85 bits per heavy atom. The molecule has 4 fully saturated rings. The molecular weight excluding hydrogens is 323 g/mol. The molecular formula is C22H31BO3. The Hall–Kier alpha value is -1.03. The Morgan fingerprint density at radius 3 is 2.62 bits per heavy atom. The van der Waals surface area contributed by atoms with Crippen LogP contribution in [0.25, 0.3) is 0 Å². The molecule has 0 amide bonds. The maximum Gasteiger partial charge on any atom is 0.522 e. The van der Waals surface area contributed by atoms with Gasteiger partial charge in [-0.25, -0.2) is 0 Å². The first-order valence-corrected chi connectivity index (χ1v) is 10.7. The molecule has 0 aromatic heterocycles. The summed E-state index contributed by atoms with van der Waals surface area (Å²) in [5.74, 6) is 3.85. The van der Waals surface area contributed by atoms with Gasteiger partial charge in [0.05, 0.1) is 6.61 Å². The minimum absolute atomic E-state index is 0.0856. The number of ketones is 1. The monoisotopic (exact) mass is 354 g/mol. The molecule has 140 valence electrons. The van der Waals surface area contributed by atoms with E-state index in [1.54, 1.807) is 5.57 Å². The van der Waals surface area contributed by atoms with Gasteiger partial charge in [-0.3, -0.25) is 4.79 Å². The Kier molecular flexibility index (Phi) is 3.77. The molecule has 1 saturated heterocycles. The molecule has 1 heterocycles. The largest absolute Gasteiger partial charge is 0.538 e. The van der Waals surface area contributed by atoms with E-state index in [-0.39, 0.29) is 12.5 Å². The van der Waals surface area contributed by atoms with Gasteiger partial charge in [-0.05, 0) is 92.0 Å². The number of fused-ring (bicyclic) bond motifs is 5. The van der Waals surface area contributed by atoms with Crippen molar-refractivity contribution >= 4 is 12.9 Å². The first kappa shape index (κ1) is 17.1. The molecule has 4 heteroatoms. The molecule has 5 aliphatic rings. The van der Waals surface area contributed by atoms with Crippen molar-refractivity contribution in [2.75, 3.05) is 6.61 Å². The average Bonchev–Trinajstić information content (AvgIpc) is 3.18. The quantitative estimate of drug-likeness (QED) is 0.578. The number of carbonyl (C=O) groups excluding carboxylic acids is 1. The van der Waals surface area contributed by atoms with Crippen molar-refractivity contribution in [2.45, 2.75) is 72.0 Å². The Bertz CT molecular complexity index is 710. The molecule has 26 heavy (non-hydrogen) atoms. The maximum absolute atomic E-state index is 12.0. The second kappa shape index (κ2) is 5.74. The third-order valence-corrected chi connectivity index (χ3v) is 8.84. The van der Waals surface area contributed by atoms with Crippen molar-refractivity contribution < 1.29 is 14.1 Å². The summed E-state index contributed by atoms with van der Waals surface area (Å²) in [4.78, 5) is 12.0. The van der Waals surface area contributed by atoms with Crippen LogP contribution in [0.2, 0.25) is 6.82 Å². The van der Waals surface area contributed by atoms with Crippen LogP contribution in [0.15, 0.2) is 23.0 Å². The van der Waals surface area contributed by atoms with E-state index in [1.165, 1.54) is 37.7 Å². The van der Waals surface area contributed by atoms with Crippen LogP contribution < -0.4 is 0 Å². The zero-order valence-electron chi connectivity index (χ0n) is 16.5. The standard InChI is InChI=1S/C22H31BO3/c1-21-10-8-15(24)12-14(21)4-5-16-17-6-7-19(20-13-25-23(3)26-20)22(17,2)11-9-18(16)21/h12,16-18H,4-11,13H2,1-3H3/b20-19+. The molecule has 5 atom stereocenters. The first-order valence-electron chi connectivity index (χ1n) is 10.7. The summed E-state index contributed by atoms with van der Waals surface area (Å²) >= 11 is 0. The second-order valence-corrected chi connectivity index (χ2v) is 9.86. The van der Waals surface area contributed by atoms with Gasteiger partial charge in [-0.1, -0.05) is 19.4 Å². The fourth-order valence-electron chi connectivity index (χ4n) is 7.45. The summed E-state index contributed by atoms with van der Waals surface area (Å²) in [6.07, 6.45) is 11.3. The van der Waals surface area contributed by atoms with Gasteiger partial charge in [0.1, 0.15) is 5.76 Å². The lowest BCUT2D eigenvalue weighted by molar-refractivity contribution is -0.117. The molecule has 5 unspecified atom stereocenters. The van der Waals surface area contributed by atoms with Gasteiger partial charge in [0.25, 0.3) is 0 Å². The summed E-state index contributed by atoms with van der Waals surface area (Å²) < 4.78 is 11.7. The fraction of sp³-hybridized carbons (Fsp3) is 0.773. The van der Waals surface area contributed by atoms with Crippen LogP contribution in [0.5, 0.6) is 0 Å². The molecule has 0 radical (unpaired) electrons. The minimum atomic E-state index is -0.0856. The van der Waals surface area contributed by atoms with Gasteiger partial charge in [0.15, 0.2) is 5.78 Å². The average molecular weight is 354 g/mol. The second-order valence-electron chi connectivity index (χ2n) is 9.86. The lowest BCUT2D eigenvalue weighted by Gasteiger charge is -2.57. The Morgan fingerprint density at radius 1 is 1.04 bits per heavy atom. The lowest BCUT2D eigenvalue weighted by Crippen LogP contribution is -2.49. The fourth-order valence-corrected chi connectivity index (χ4v) is 7.45. The molecule has 1 aliphatic heterocycles. The lowest BCUT2D eigenvalue weighted by atomic mass is 9.47. The Balaban J connectivity index is 1.47. The topological polar surface area (TPSA) is 35.5 Å². The van der Waals surface area contributed by atoms with Crippen molar-refractivity contribution in [2.24, 2.45) is 28.6 Å². The number of allylic oxidation sites excluding steroid dienone is 2. The van der Waals surface area contributed by atoms with E-state index in [0.29, 0.717) is 17.8 Å². The third kappa shape index (κ3) is 2.27. The first-order chi connectivity index (χ1) is 12.4. The number of rotatable bonds is 0. The van der Waals surface area contributed by atoms with Crippen molar-refractivity contribution in [1.29, 1.82) is 0 Å². The molecule has 3 saturated carbocycles. The number of hydrogen-bond acceptors (Lipinski definition) is 3. The zero-order valence-corrected chi connectivity index (χ0v) is 16.5. The summed E-state index contributed by atoms with van der Waals surface area (Å²) in [6.45, 7) is 7.64. The van der Waals surface area contributed by atoms with E-state index in [4.69, 9.17) is 9.31 Å². The minimum Gasteiger partial charge on any atom is -0.538 e. The highest BCUT2D eigenvalue weighted by Gasteiger charge is 2.58. The van der Waals surface area contributed by atoms with Crippen LogP contribution in [0.4, 0.5) is 0 Å². The van der Waals surface area contributed by atoms with Crippen LogP contribution in [0.1, 0.15) is 65.2 Å². The summed E-state index contributed by atoms with van der Waals surface area (Å²) in [5.41, 5.74) is 3.61. The molecule has 5 rings (SSSR count). The molecule has 0 aromatic carbocycles. The van der Waals surface area contributed by atoms with Crippen LogP contribution in [-0.4, -0.2) is 19.5 Å². The SMILES string of the molecule is CB1OC/C(=C2/CCC3C4CCC5=CC(=O)CCC5(C)C4CCC23C)O1. The van der Waals surface area contributed by atoms with E-state index < -0.39 is 0 Å². The van der Waals surface area contributed by atoms with Crippen molar-refractivity contribution in [3.05, 3.63) is 23.0 Å². The molecule has 0 aromatic rings. The van der Waals surface area contributed by atoms with E-state index in [9.17, 15) is 4.79 Å². The molecule has 4 aliphatic carbocycles. The van der Waals surface area contributed by atoms with Crippen LogP contribution in [0, 0.1) is 28.6 Å². The van der Waals surface area contributed by atoms with Gasteiger partial charge in [0, 0.05) is 6.42 Å². The van der Waals surface area contributed by atoms with Gasteiger partial charge in [-0.2, -0.15) is 0 Å². The van der Waals surface area contributed by atoms with Crippen molar-refractivity contribution in [3.8, 4) is 0 Å². The highest BCUT2D eigenvalue weighted by atomic mass is 16.6. The van der Waals surface area contributed by atoms with Gasteiger partial charge in [0.2, 0.25) is 0 Å². The Labute approximate surface area is 157 Å².